The average molecular weight is 261 g/mol. The van der Waals surface area contributed by atoms with Crippen LogP contribution in [0.25, 0.3) is 0 Å². The molecule has 1 atom stereocenters. The largest absolute Gasteiger partial charge is 0.468 e. The highest BCUT2D eigenvalue weighted by atomic mass is 16.5. The van der Waals surface area contributed by atoms with Crippen molar-refractivity contribution in [2.24, 2.45) is 5.92 Å². The molecule has 0 spiro atoms. The predicted molar refractivity (Wildman–Crippen MR) is 75.9 cm³/mol. The van der Waals surface area contributed by atoms with Crippen molar-refractivity contribution >= 4 is 5.97 Å². The van der Waals surface area contributed by atoms with Crippen LogP contribution >= 0.6 is 0 Å². The van der Waals surface area contributed by atoms with Gasteiger partial charge in [0, 0.05) is 0 Å². The van der Waals surface area contributed by atoms with Gasteiger partial charge in [0.25, 0.3) is 0 Å². The molecule has 3 heteroatoms. The lowest BCUT2D eigenvalue weighted by Gasteiger charge is -2.34. The van der Waals surface area contributed by atoms with Gasteiger partial charge in [0.2, 0.25) is 0 Å². The molecular formula is C16H23NO2. The molecule has 1 heterocycles. The highest BCUT2D eigenvalue weighted by Gasteiger charge is 2.26. The quantitative estimate of drug-likeness (QED) is 0.780. The zero-order valence-corrected chi connectivity index (χ0v) is 11.8. The predicted octanol–water partition coefficient (Wildman–Crippen LogP) is 2.50. The Morgan fingerprint density at radius 2 is 1.95 bits per heavy atom. The number of nitrogens with zero attached hydrogens (tertiary/aromatic N) is 1. The Hall–Kier alpha value is -1.35. The molecule has 19 heavy (non-hydrogen) atoms. The Balaban J connectivity index is 1.81. The number of hydrogen-bond acceptors (Lipinski definition) is 3. The Bertz CT molecular complexity index is 396. The van der Waals surface area contributed by atoms with Crippen LogP contribution in [0.5, 0.6) is 0 Å². The van der Waals surface area contributed by atoms with E-state index in [-0.39, 0.29) is 12.0 Å². The van der Waals surface area contributed by atoms with Crippen LogP contribution in [0, 0.1) is 5.92 Å². The minimum absolute atomic E-state index is 0.109. The number of benzene rings is 1. The zero-order chi connectivity index (χ0) is 13.7. The Morgan fingerprint density at radius 3 is 2.53 bits per heavy atom. The van der Waals surface area contributed by atoms with Crippen molar-refractivity contribution in [3.63, 3.8) is 0 Å². The van der Waals surface area contributed by atoms with Crippen LogP contribution in [-0.4, -0.2) is 37.1 Å². The normalized spacial score (nSPS) is 19.1. The molecule has 3 nitrogen and oxygen atoms in total. The van der Waals surface area contributed by atoms with Gasteiger partial charge in [-0.3, -0.25) is 9.69 Å². The number of rotatable bonds is 4. The van der Waals surface area contributed by atoms with Crippen molar-refractivity contribution in [2.75, 3.05) is 20.2 Å². The van der Waals surface area contributed by atoms with Crippen LogP contribution in [-0.2, 0) is 16.0 Å². The molecule has 1 fully saturated rings. The molecule has 1 aliphatic rings. The summed E-state index contributed by atoms with van der Waals surface area (Å²) in [6, 6.07) is 10.5. The summed E-state index contributed by atoms with van der Waals surface area (Å²) in [5, 5.41) is 0. The van der Waals surface area contributed by atoms with E-state index >= 15 is 0 Å². The van der Waals surface area contributed by atoms with E-state index in [1.54, 1.807) is 0 Å². The fourth-order valence-electron chi connectivity index (χ4n) is 2.81. The van der Waals surface area contributed by atoms with Gasteiger partial charge < -0.3 is 4.74 Å². The van der Waals surface area contributed by atoms with E-state index in [1.165, 1.54) is 12.7 Å². The van der Waals surface area contributed by atoms with Gasteiger partial charge in [-0.1, -0.05) is 30.3 Å². The molecule has 0 amide bonds. The van der Waals surface area contributed by atoms with E-state index in [4.69, 9.17) is 4.74 Å². The SMILES string of the molecule is COC(=O)C(C)N1CCC(Cc2ccccc2)CC1. The van der Waals surface area contributed by atoms with Crippen LogP contribution in [0.4, 0.5) is 0 Å². The number of carbonyl (C=O) groups excluding carboxylic acids is 1. The van der Waals surface area contributed by atoms with Crippen molar-refractivity contribution in [1.82, 2.24) is 4.90 Å². The lowest BCUT2D eigenvalue weighted by Crippen LogP contribution is -2.44. The molecule has 1 aromatic carbocycles. The van der Waals surface area contributed by atoms with Crippen LogP contribution in [0.3, 0.4) is 0 Å². The third-order valence-corrected chi connectivity index (χ3v) is 4.11. The Kier molecular flexibility index (Phi) is 4.97. The monoisotopic (exact) mass is 261 g/mol. The number of carbonyl (C=O) groups is 1. The van der Waals surface area contributed by atoms with Gasteiger partial charge in [0.1, 0.15) is 6.04 Å². The summed E-state index contributed by atoms with van der Waals surface area (Å²) >= 11 is 0. The number of methoxy groups -OCH3 is 1. The van der Waals surface area contributed by atoms with E-state index in [2.05, 4.69) is 35.2 Å². The molecule has 1 aromatic rings. The van der Waals surface area contributed by atoms with Gasteiger partial charge >= 0.3 is 5.97 Å². The maximum atomic E-state index is 11.5. The molecule has 104 valence electrons. The highest BCUT2D eigenvalue weighted by Crippen LogP contribution is 2.23. The van der Waals surface area contributed by atoms with Crippen molar-refractivity contribution in [3.8, 4) is 0 Å². The smallest absolute Gasteiger partial charge is 0.322 e. The van der Waals surface area contributed by atoms with E-state index in [0.717, 1.165) is 38.3 Å². The van der Waals surface area contributed by atoms with Crippen molar-refractivity contribution in [1.29, 1.82) is 0 Å². The second-order valence-electron chi connectivity index (χ2n) is 5.37. The molecule has 1 saturated heterocycles. The molecule has 0 N–H and O–H groups in total. The van der Waals surface area contributed by atoms with Crippen LogP contribution in [0.15, 0.2) is 30.3 Å². The maximum absolute atomic E-state index is 11.5. The first-order valence-electron chi connectivity index (χ1n) is 7.06. The Labute approximate surface area is 115 Å². The number of ether oxygens (including phenoxy) is 1. The fourth-order valence-corrected chi connectivity index (χ4v) is 2.81. The average Bonchev–Trinajstić information content (AvgIpc) is 2.47. The minimum atomic E-state index is -0.124. The van der Waals surface area contributed by atoms with Gasteiger partial charge in [-0.25, -0.2) is 0 Å². The summed E-state index contributed by atoms with van der Waals surface area (Å²) in [6.45, 7) is 3.92. The summed E-state index contributed by atoms with van der Waals surface area (Å²) in [5.41, 5.74) is 1.42. The minimum Gasteiger partial charge on any atom is -0.468 e. The second kappa shape index (κ2) is 6.71. The topological polar surface area (TPSA) is 29.5 Å². The van der Waals surface area contributed by atoms with Crippen LogP contribution in [0.1, 0.15) is 25.3 Å². The first-order valence-corrected chi connectivity index (χ1v) is 7.06. The van der Waals surface area contributed by atoms with E-state index < -0.39 is 0 Å². The summed E-state index contributed by atoms with van der Waals surface area (Å²) < 4.78 is 4.81. The molecule has 0 bridgehead atoms. The molecule has 2 rings (SSSR count). The van der Waals surface area contributed by atoms with Crippen molar-refractivity contribution in [3.05, 3.63) is 35.9 Å². The lowest BCUT2D eigenvalue weighted by molar-refractivity contribution is -0.146. The maximum Gasteiger partial charge on any atom is 0.322 e. The van der Waals surface area contributed by atoms with E-state index in [9.17, 15) is 4.79 Å². The number of esters is 1. The lowest BCUT2D eigenvalue weighted by atomic mass is 9.89. The number of hydrogen-bond donors (Lipinski definition) is 0. The standard InChI is InChI=1S/C16H23NO2/c1-13(16(18)19-2)17-10-8-15(9-11-17)12-14-6-4-3-5-7-14/h3-7,13,15H,8-12H2,1-2H3. The van der Waals surface area contributed by atoms with E-state index in [1.807, 2.05) is 6.92 Å². The highest BCUT2D eigenvalue weighted by molar-refractivity contribution is 5.75. The van der Waals surface area contributed by atoms with Crippen molar-refractivity contribution < 1.29 is 9.53 Å². The molecule has 0 aliphatic carbocycles. The van der Waals surface area contributed by atoms with Crippen LogP contribution < -0.4 is 0 Å². The zero-order valence-electron chi connectivity index (χ0n) is 11.8. The van der Waals surface area contributed by atoms with E-state index in [0.29, 0.717) is 0 Å². The number of piperidine rings is 1. The van der Waals surface area contributed by atoms with Gasteiger partial charge in [-0.05, 0) is 50.8 Å². The molecule has 0 aromatic heterocycles. The second-order valence-corrected chi connectivity index (χ2v) is 5.37. The molecule has 0 saturated carbocycles. The van der Waals surface area contributed by atoms with Gasteiger partial charge in [-0.2, -0.15) is 0 Å². The molecule has 1 unspecified atom stereocenters. The van der Waals surface area contributed by atoms with Crippen LogP contribution in [0.2, 0.25) is 0 Å². The Morgan fingerprint density at radius 1 is 1.32 bits per heavy atom. The summed E-state index contributed by atoms with van der Waals surface area (Å²) in [4.78, 5) is 13.7. The van der Waals surface area contributed by atoms with Gasteiger partial charge in [0.15, 0.2) is 0 Å². The first-order chi connectivity index (χ1) is 9.20. The number of likely N-dealkylation sites (tertiary alicyclic amines) is 1. The van der Waals surface area contributed by atoms with Gasteiger partial charge in [0.05, 0.1) is 7.11 Å². The molecule has 1 aliphatic heterocycles. The molecular weight excluding hydrogens is 238 g/mol. The molecule has 0 radical (unpaired) electrons. The first kappa shape index (κ1) is 14.1. The fraction of sp³-hybridized carbons (Fsp3) is 0.562. The van der Waals surface area contributed by atoms with Crippen molar-refractivity contribution in [2.45, 2.75) is 32.2 Å². The third kappa shape index (κ3) is 3.80. The van der Waals surface area contributed by atoms with Gasteiger partial charge in [-0.15, -0.1) is 0 Å². The summed E-state index contributed by atoms with van der Waals surface area (Å²) in [6.07, 6.45) is 3.48. The third-order valence-electron chi connectivity index (χ3n) is 4.11. The summed E-state index contributed by atoms with van der Waals surface area (Å²) in [5.74, 6) is 0.616. The summed E-state index contributed by atoms with van der Waals surface area (Å²) in [7, 11) is 1.46.